The lowest BCUT2D eigenvalue weighted by molar-refractivity contribution is 1.06. The first-order valence-electron chi connectivity index (χ1n) is 6.48. The maximum Gasteiger partial charge on any atom is 0.137 e. The third-order valence-corrected chi connectivity index (χ3v) is 4.25. The van der Waals surface area contributed by atoms with Gasteiger partial charge in [0.2, 0.25) is 0 Å². The van der Waals surface area contributed by atoms with Gasteiger partial charge in [0.05, 0.1) is 17.6 Å². The number of nitrogens with two attached hydrogens (primary N) is 1. The fraction of sp³-hybridized carbons (Fsp3) is 0.133. The molecule has 0 saturated carbocycles. The molecule has 6 heteroatoms. The predicted molar refractivity (Wildman–Crippen MR) is 91.8 cm³/mol. The van der Waals surface area contributed by atoms with Gasteiger partial charge in [-0.1, -0.05) is 30.4 Å². The standard InChI is InChI=1S/C15H14N4S2/c1-9-8-21-13(18-9)7-17-15-11(14(16)20)6-10-4-2-3-5-12(10)19-15/h2-6,8H,7H2,1H3,(H2,16,20)(H,17,19). The minimum Gasteiger partial charge on any atom is -0.389 e. The van der Waals surface area contributed by atoms with Crippen LogP contribution in [0, 0.1) is 6.92 Å². The van der Waals surface area contributed by atoms with Gasteiger partial charge in [0.25, 0.3) is 0 Å². The van der Waals surface area contributed by atoms with E-state index in [0.717, 1.165) is 27.2 Å². The summed E-state index contributed by atoms with van der Waals surface area (Å²) in [5.41, 5.74) is 8.52. The number of nitrogens with zero attached hydrogens (tertiary/aromatic N) is 2. The second kappa shape index (κ2) is 5.75. The summed E-state index contributed by atoms with van der Waals surface area (Å²) >= 11 is 6.75. The summed E-state index contributed by atoms with van der Waals surface area (Å²) in [6.45, 7) is 2.59. The molecule has 0 aliphatic rings. The van der Waals surface area contributed by atoms with Crippen LogP contribution in [0.2, 0.25) is 0 Å². The van der Waals surface area contributed by atoms with E-state index in [1.54, 1.807) is 11.3 Å². The van der Waals surface area contributed by atoms with E-state index in [9.17, 15) is 0 Å². The van der Waals surface area contributed by atoms with Crippen molar-refractivity contribution in [3.63, 3.8) is 0 Å². The van der Waals surface area contributed by atoms with Crippen LogP contribution < -0.4 is 11.1 Å². The van der Waals surface area contributed by atoms with Crippen LogP contribution in [0.5, 0.6) is 0 Å². The van der Waals surface area contributed by atoms with Crippen molar-refractivity contribution in [1.82, 2.24) is 9.97 Å². The number of thiocarbonyl (C=S) groups is 1. The highest BCUT2D eigenvalue weighted by Crippen LogP contribution is 2.21. The SMILES string of the molecule is Cc1csc(CNc2nc3ccccc3cc2C(N)=S)n1. The molecule has 0 saturated heterocycles. The number of pyridine rings is 1. The first kappa shape index (κ1) is 13.9. The van der Waals surface area contributed by atoms with Crippen LogP contribution in [0.25, 0.3) is 10.9 Å². The highest BCUT2D eigenvalue weighted by Gasteiger charge is 2.10. The Kier molecular flexibility index (Phi) is 3.81. The molecule has 0 bridgehead atoms. The first-order chi connectivity index (χ1) is 10.1. The van der Waals surface area contributed by atoms with Crippen molar-refractivity contribution in [3.05, 3.63) is 52.0 Å². The number of nitrogens with one attached hydrogen (secondary N) is 1. The monoisotopic (exact) mass is 314 g/mol. The van der Waals surface area contributed by atoms with Crippen LogP contribution >= 0.6 is 23.6 Å². The second-order valence-corrected chi connectivity index (χ2v) is 6.06. The van der Waals surface area contributed by atoms with Crippen molar-refractivity contribution in [2.45, 2.75) is 13.5 Å². The molecule has 106 valence electrons. The van der Waals surface area contributed by atoms with Gasteiger partial charge in [0.1, 0.15) is 15.8 Å². The molecule has 0 aliphatic carbocycles. The number of hydrogen-bond acceptors (Lipinski definition) is 5. The minimum absolute atomic E-state index is 0.339. The summed E-state index contributed by atoms with van der Waals surface area (Å²) in [4.78, 5) is 9.38. The fourth-order valence-electron chi connectivity index (χ4n) is 2.08. The maximum absolute atomic E-state index is 5.82. The Bertz CT molecular complexity index is 810. The Morgan fingerprint density at radius 1 is 1.33 bits per heavy atom. The van der Waals surface area contributed by atoms with Gasteiger partial charge in [-0.15, -0.1) is 11.3 Å². The molecule has 0 aliphatic heterocycles. The molecule has 3 N–H and O–H groups in total. The molecule has 2 aromatic heterocycles. The van der Waals surface area contributed by atoms with E-state index < -0.39 is 0 Å². The Morgan fingerprint density at radius 2 is 2.14 bits per heavy atom. The van der Waals surface area contributed by atoms with Gasteiger partial charge in [-0.25, -0.2) is 9.97 Å². The number of hydrogen-bond donors (Lipinski definition) is 2. The van der Waals surface area contributed by atoms with Crippen LogP contribution in [0.4, 0.5) is 5.82 Å². The van der Waals surface area contributed by atoms with Crippen molar-refractivity contribution in [2.75, 3.05) is 5.32 Å². The molecular formula is C15H14N4S2. The van der Waals surface area contributed by atoms with Crippen molar-refractivity contribution in [2.24, 2.45) is 5.73 Å². The summed E-state index contributed by atoms with van der Waals surface area (Å²) in [5.74, 6) is 0.703. The molecule has 2 heterocycles. The number of aryl methyl sites for hydroxylation is 1. The third-order valence-electron chi connectivity index (χ3n) is 3.06. The number of rotatable bonds is 4. The van der Waals surface area contributed by atoms with Crippen LogP contribution in [-0.4, -0.2) is 15.0 Å². The zero-order valence-electron chi connectivity index (χ0n) is 11.5. The number of anilines is 1. The zero-order valence-corrected chi connectivity index (χ0v) is 13.1. The quantitative estimate of drug-likeness (QED) is 0.724. The van der Waals surface area contributed by atoms with E-state index in [4.69, 9.17) is 18.0 Å². The molecule has 0 radical (unpaired) electrons. The van der Waals surface area contributed by atoms with Crippen molar-refractivity contribution in [3.8, 4) is 0 Å². The molecule has 3 aromatic rings. The molecule has 0 amide bonds. The van der Waals surface area contributed by atoms with Crippen LogP contribution in [-0.2, 0) is 6.54 Å². The Balaban J connectivity index is 1.95. The van der Waals surface area contributed by atoms with Gasteiger partial charge in [-0.3, -0.25) is 0 Å². The van der Waals surface area contributed by atoms with E-state index in [1.807, 2.05) is 42.6 Å². The van der Waals surface area contributed by atoms with Gasteiger partial charge >= 0.3 is 0 Å². The van der Waals surface area contributed by atoms with E-state index in [0.29, 0.717) is 17.4 Å². The van der Waals surface area contributed by atoms with Gasteiger partial charge in [0.15, 0.2) is 0 Å². The number of benzene rings is 1. The summed E-state index contributed by atoms with van der Waals surface area (Å²) in [6.07, 6.45) is 0. The summed E-state index contributed by atoms with van der Waals surface area (Å²) < 4.78 is 0. The zero-order chi connectivity index (χ0) is 14.8. The van der Waals surface area contributed by atoms with Gasteiger partial charge in [-0.2, -0.15) is 0 Å². The molecule has 4 nitrogen and oxygen atoms in total. The molecule has 1 aromatic carbocycles. The summed E-state index contributed by atoms with van der Waals surface area (Å²) in [5, 5.41) is 7.35. The highest BCUT2D eigenvalue weighted by molar-refractivity contribution is 7.80. The second-order valence-electron chi connectivity index (χ2n) is 4.68. The third kappa shape index (κ3) is 3.01. The molecule has 3 rings (SSSR count). The first-order valence-corrected chi connectivity index (χ1v) is 7.77. The van der Waals surface area contributed by atoms with E-state index >= 15 is 0 Å². The average Bonchev–Trinajstić information content (AvgIpc) is 2.89. The Hall–Kier alpha value is -2.05. The van der Waals surface area contributed by atoms with Crippen molar-refractivity contribution >= 4 is 45.3 Å². The van der Waals surface area contributed by atoms with Gasteiger partial charge < -0.3 is 11.1 Å². The number of thiazole rings is 1. The number of para-hydroxylation sites is 1. The van der Waals surface area contributed by atoms with E-state index in [-0.39, 0.29) is 0 Å². The number of fused-ring (bicyclic) bond motifs is 1. The predicted octanol–water partition coefficient (Wildman–Crippen LogP) is 3.25. The molecular weight excluding hydrogens is 300 g/mol. The summed E-state index contributed by atoms with van der Waals surface area (Å²) in [7, 11) is 0. The lowest BCUT2D eigenvalue weighted by Gasteiger charge is -2.11. The highest BCUT2D eigenvalue weighted by atomic mass is 32.1. The number of aromatic nitrogens is 2. The minimum atomic E-state index is 0.339. The molecule has 0 fully saturated rings. The smallest absolute Gasteiger partial charge is 0.137 e. The lowest BCUT2D eigenvalue weighted by atomic mass is 10.1. The Labute approximate surface area is 132 Å². The molecule has 0 atom stereocenters. The maximum atomic E-state index is 5.82. The average molecular weight is 314 g/mol. The summed E-state index contributed by atoms with van der Waals surface area (Å²) in [6, 6.07) is 9.87. The lowest BCUT2D eigenvalue weighted by Crippen LogP contribution is -2.14. The fourth-order valence-corrected chi connectivity index (χ4v) is 2.95. The van der Waals surface area contributed by atoms with Crippen molar-refractivity contribution in [1.29, 1.82) is 0 Å². The topological polar surface area (TPSA) is 63.8 Å². The van der Waals surface area contributed by atoms with E-state index in [2.05, 4.69) is 15.3 Å². The molecule has 0 spiro atoms. The van der Waals surface area contributed by atoms with Crippen LogP contribution in [0.15, 0.2) is 35.7 Å². The van der Waals surface area contributed by atoms with Crippen LogP contribution in [0.3, 0.4) is 0 Å². The van der Waals surface area contributed by atoms with Crippen LogP contribution in [0.1, 0.15) is 16.3 Å². The molecule has 0 unspecified atom stereocenters. The normalized spacial score (nSPS) is 10.7. The molecule has 21 heavy (non-hydrogen) atoms. The largest absolute Gasteiger partial charge is 0.389 e. The van der Waals surface area contributed by atoms with Crippen molar-refractivity contribution < 1.29 is 0 Å². The Morgan fingerprint density at radius 3 is 2.86 bits per heavy atom. The van der Waals surface area contributed by atoms with Gasteiger partial charge in [0, 0.05) is 16.5 Å². The van der Waals surface area contributed by atoms with E-state index in [1.165, 1.54) is 0 Å². The van der Waals surface area contributed by atoms with Gasteiger partial charge in [-0.05, 0) is 19.1 Å².